The molecule has 2 aromatic rings. The van der Waals surface area contributed by atoms with Crippen molar-refractivity contribution in [3.63, 3.8) is 0 Å². The molecule has 1 aliphatic rings. The summed E-state index contributed by atoms with van der Waals surface area (Å²) in [5, 5.41) is 2.61. The Morgan fingerprint density at radius 2 is 1.79 bits per heavy atom. The topological polar surface area (TPSA) is 58.6 Å². The molecule has 0 aromatic heterocycles. The van der Waals surface area contributed by atoms with Gasteiger partial charge in [-0.3, -0.25) is 19.8 Å². The van der Waals surface area contributed by atoms with Gasteiger partial charge in [0.2, 0.25) is 0 Å². The number of benzene rings is 2. The van der Waals surface area contributed by atoms with E-state index in [2.05, 4.69) is 27.8 Å². The lowest BCUT2D eigenvalue weighted by Crippen LogP contribution is -2.53. The molecule has 5 nitrogen and oxygen atoms in total. The highest BCUT2D eigenvalue weighted by molar-refractivity contribution is 9.10. The van der Waals surface area contributed by atoms with Crippen LogP contribution in [0.3, 0.4) is 0 Å². The summed E-state index contributed by atoms with van der Waals surface area (Å²) >= 11 is 8.44. The molecule has 0 saturated carbocycles. The van der Waals surface area contributed by atoms with Crippen LogP contribution in [0.4, 0.5) is 0 Å². The highest BCUT2D eigenvalue weighted by Gasteiger charge is 2.32. The minimum absolute atomic E-state index is 0.0268. The van der Waals surface area contributed by atoms with Crippen LogP contribution in [0.5, 0.6) is 5.75 Å². The third-order valence-electron chi connectivity index (χ3n) is 4.01. The minimum atomic E-state index is -0.508. The third kappa shape index (κ3) is 4.74. The minimum Gasteiger partial charge on any atom is -0.489 e. The molecular formula is C21H17BrN2O3S. The molecule has 0 aliphatic carbocycles. The molecule has 0 radical (unpaired) electrons. The number of nitrogens with zero attached hydrogens (tertiary/aromatic N) is 1. The number of carbonyl (C=O) groups is 2. The SMILES string of the molecule is C=CCN1C(=O)/C(=C/c2ccc(OCc3ccc(Br)cc3)cc2)C(=O)NC1=S. The first-order valence-electron chi connectivity index (χ1n) is 8.45. The Hall–Kier alpha value is -2.77. The van der Waals surface area contributed by atoms with Crippen molar-refractivity contribution in [1.82, 2.24) is 10.2 Å². The molecule has 1 N–H and O–H groups in total. The van der Waals surface area contributed by atoms with Crippen molar-refractivity contribution in [2.45, 2.75) is 6.61 Å². The fourth-order valence-electron chi connectivity index (χ4n) is 2.56. The van der Waals surface area contributed by atoms with Gasteiger partial charge in [0.1, 0.15) is 17.9 Å². The zero-order valence-corrected chi connectivity index (χ0v) is 17.3. The first kappa shape index (κ1) is 20.0. The van der Waals surface area contributed by atoms with Crippen molar-refractivity contribution in [1.29, 1.82) is 0 Å². The van der Waals surface area contributed by atoms with E-state index in [1.807, 2.05) is 24.3 Å². The average Bonchev–Trinajstić information content (AvgIpc) is 2.69. The number of carbonyl (C=O) groups excluding carboxylic acids is 2. The van der Waals surface area contributed by atoms with Gasteiger partial charge in [-0.2, -0.15) is 0 Å². The van der Waals surface area contributed by atoms with Gasteiger partial charge in [-0.1, -0.05) is 46.3 Å². The number of hydrogen-bond donors (Lipinski definition) is 1. The van der Waals surface area contributed by atoms with Crippen LogP contribution in [-0.2, 0) is 16.2 Å². The number of rotatable bonds is 6. The number of amides is 2. The Kier molecular flexibility index (Phi) is 6.38. The van der Waals surface area contributed by atoms with E-state index in [-0.39, 0.29) is 17.2 Å². The van der Waals surface area contributed by atoms with Crippen LogP contribution in [0.1, 0.15) is 11.1 Å². The molecule has 2 amide bonds. The Labute approximate surface area is 176 Å². The van der Waals surface area contributed by atoms with E-state index in [1.165, 1.54) is 11.0 Å². The zero-order chi connectivity index (χ0) is 20.1. The van der Waals surface area contributed by atoms with Gasteiger partial charge in [-0.15, -0.1) is 6.58 Å². The van der Waals surface area contributed by atoms with Crippen LogP contribution in [0, 0.1) is 0 Å². The molecule has 0 bridgehead atoms. The molecule has 1 heterocycles. The molecule has 0 unspecified atom stereocenters. The molecule has 1 fully saturated rings. The summed E-state index contributed by atoms with van der Waals surface area (Å²) in [6.45, 7) is 4.28. The third-order valence-corrected chi connectivity index (χ3v) is 4.86. The summed E-state index contributed by atoms with van der Waals surface area (Å²) in [6, 6.07) is 15.0. The Morgan fingerprint density at radius 3 is 2.43 bits per heavy atom. The van der Waals surface area contributed by atoms with E-state index in [4.69, 9.17) is 17.0 Å². The predicted molar refractivity (Wildman–Crippen MR) is 116 cm³/mol. The molecule has 3 rings (SSSR count). The van der Waals surface area contributed by atoms with Crippen molar-refractivity contribution in [2.24, 2.45) is 0 Å². The quantitative estimate of drug-likeness (QED) is 0.310. The van der Waals surface area contributed by atoms with E-state index in [9.17, 15) is 9.59 Å². The highest BCUT2D eigenvalue weighted by Crippen LogP contribution is 2.19. The molecule has 142 valence electrons. The van der Waals surface area contributed by atoms with E-state index < -0.39 is 11.8 Å². The Bertz CT molecular complexity index is 953. The molecule has 28 heavy (non-hydrogen) atoms. The van der Waals surface area contributed by atoms with Gasteiger partial charge in [0.25, 0.3) is 11.8 Å². The fraction of sp³-hybridized carbons (Fsp3) is 0.0952. The smallest absolute Gasteiger partial charge is 0.265 e. The highest BCUT2D eigenvalue weighted by atomic mass is 79.9. The molecule has 1 saturated heterocycles. The largest absolute Gasteiger partial charge is 0.489 e. The van der Waals surface area contributed by atoms with Crippen molar-refractivity contribution in [3.8, 4) is 5.75 Å². The normalized spacial score (nSPS) is 15.5. The first-order valence-corrected chi connectivity index (χ1v) is 9.65. The second-order valence-electron chi connectivity index (χ2n) is 6.01. The standard InChI is InChI=1S/C21H17BrN2O3S/c1-2-11-24-20(26)18(19(25)23-21(24)28)12-14-5-9-17(10-6-14)27-13-15-3-7-16(22)8-4-15/h2-10,12H,1,11,13H2,(H,23,25,28)/b18-12+. The maximum Gasteiger partial charge on any atom is 0.265 e. The second kappa shape index (κ2) is 8.95. The van der Waals surface area contributed by atoms with Crippen LogP contribution < -0.4 is 10.1 Å². The second-order valence-corrected chi connectivity index (χ2v) is 7.31. The number of thiocarbonyl (C=S) groups is 1. The van der Waals surface area contributed by atoms with Gasteiger partial charge in [0, 0.05) is 11.0 Å². The summed E-state index contributed by atoms with van der Waals surface area (Å²) < 4.78 is 6.78. The summed E-state index contributed by atoms with van der Waals surface area (Å²) in [5.41, 5.74) is 1.79. The van der Waals surface area contributed by atoms with Crippen LogP contribution in [0.2, 0.25) is 0 Å². The zero-order valence-electron chi connectivity index (χ0n) is 14.9. The van der Waals surface area contributed by atoms with Gasteiger partial charge >= 0.3 is 0 Å². The molecule has 0 spiro atoms. The van der Waals surface area contributed by atoms with Gasteiger partial charge < -0.3 is 4.74 Å². The maximum atomic E-state index is 12.5. The van der Waals surface area contributed by atoms with Crippen molar-refractivity contribution >= 4 is 51.2 Å². The molecule has 7 heteroatoms. The lowest BCUT2D eigenvalue weighted by molar-refractivity contribution is -0.128. The number of ether oxygens (including phenoxy) is 1. The number of hydrogen-bond acceptors (Lipinski definition) is 4. The molecule has 2 aromatic carbocycles. The summed E-state index contributed by atoms with van der Waals surface area (Å²) in [4.78, 5) is 26.0. The van der Waals surface area contributed by atoms with Gasteiger partial charge in [0.05, 0.1) is 0 Å². The molecule has 1 aliphatic heterocycles. The van der Waals surface area contributed by atoms with Crippen molar-refractivity contribution in [2.75, 3.05) is 6.54 Å². The summed E-state index contributed by atoms with van der Waals surface area (Å²) in [6.07, 6.45) is 3.09. The lowest BCUT2D eigenvalue weighted by atomic mass is 10.1. The van der Waals surface area contributed by atoms with E-state index >= 15 is 0 Å². The van der Waals surface area contributed by atoms with Gasteiger partial charge in [-0.05, 0) is 53.7 Å². The van der Waals surface area contributed by atoms with Crippen LogP contribution in [0.15, 0.2) is 71.2 Å². The van der Waals surface area contributed by atoms with Crippen molar-refractivity contribution in [3.05, 3.63) is 82.4 Å². The van der Waals surface area contributed by atoms with Crippen LogP contribution in [0.25, 0.3) is 6.08 Å². The van der Waals surface area contributed by atoms with E-state index in [0.717, 1.165) is 10.0 Å². The van der Waals surface area contributed by atoms with Gasteiger partial charge in [0.15, 0.2) is 5.11 Å². The van der Waals surface area contributed by atoms with Crippen LogP contribution in [-0.4, -0.2) is 28.4 Å². The Balaban J connectivity index is 1.70. The van der Waals surface area contributed by atoms with E-state index in [0.29, 0.717) is 17.9 Å². The maximum absolute atomic E-state index is 12.5. The lowest BCUT2D eigenvalue weighted by Gasteiger charge is -2.27. The van der Waals surface area contributed by atoms with Crippen LogP contribution >= 0.6 is 28.1 Å². The Morgan fingerprint density at radius 1 is 1.11 bits per heavy atom. The number of nitrogens with one attached hydrogen (secondary N) is 1. The van der Waals surface area contributed by atoms with E-state index in [1.54, 1.807) is 30.3 Å². The van der Waals surface area contributed by atoms with Gasteiger partial charge in [-0.25, -0.2) is 0 Å². The monoisotopic (exact) mass is 456 g/mol. The van der Waals surface area contributed by atoms with Crippen molar-refractivity contribution < 1.29 is 14.3 Å². The number of halogens is 1. The summed E-state index contributed by atoms with van der Waals surface area (Å²) in [5.74, 6) is -0.256. The molecule has 0 atom stereocenters. The first-order chi connectivity index (χ1) is 13.5. The summed E-state index contributed by atoms with van der Waals surface area (Å²) in [7, 11) is 0. The average molecular weight is 457 g/mol. The molecular weight excluding hydrogens is 440 g/mol. The predicted octanol–water partition coefficient (Wildman–Crippen LogP) is 3.84. The fourth-order valence-corrected chi connectivity index (χ4v) is 3.08.